The number of halogens is 4. The molecule has 0 saturated heterocycles. The predicted molar refractivity (Wildman–Crippen MR) is 76.8 cm³/mol. The summed E-state index contributed by atoms with van der Waals surface area (Å²) in [4.78, 5) is 12.0. The Bertz CT molecular complexity index is 737. The first-order chi connectivity index (χ1) is 10.9. The molecule has 2 aromatic rings. The van der Waals surface area contributed by atoms with Crippen LogP contribution in [0.25, 0.3) is 5.65 Å². The average Bonchev–Trinajstić information content (AvgIpc) is 3.13. The van der Waals surface area contributed by atoms with Gasteiger partial charge in [0.15, 0.2) is 11.5 Å². The third-order valence-electron chi connectivity index (χ3n) is 4.00. The van der Waals surface area contributed by atoms with Crippen LogP contribution in [0.4, 0.5) is 13.2 Å². The van der Waals surface area contributed by atoms with Crippen molar-refractivity contribution in [3.8, 4) is 0 Å². The molecule has 0 aromatic carbocycles. The van der Waals surface area contributed by atoms with Crippen LogP contribution < -0.4 is 5.32 Å². The van der Waals surface area contributed by atoms with Gasteiger partial charge in [0, 0.05) is 12.1 Å². The van der Waals surface area contributed by atoms with Crippen LogP contribution in [0.15, 0.2) is 12.3 Å². The van der Waals surface area contributed by atoms with Crippen molar-refractivity contribution in [2.45, 2.75) is 38.4 Å². The zero-order valence-electron chi connectivity index (χ0n) is 12.0. The summed E-state index contributed by atoms with van der Waals surface area (Å²) in [5.74, 6) is 0.0835. The van der Waals surface area contributed by atoms with Crippen LogP contribution in [0.5, 0.6) is 0 Å². The number of fused-ring (bicyclic) bond motifs is 1. The number of rotatable bonds is 3. The topological polar surface area (TPSA) is 59.3 Å². The van der Waals surface area contributed by atoms with Gasteiger partial charge >= 0.3 is 6.18 Å². The van der Waals surface area contributed by atoms with Gasteiger partial charge < -0.3 is 5.32 Å². The van der Waals surface area contributed by atoms with Crippen molar-refractivity contribution in [1.82, 2.24) is 19.9 Å². The van der Waals surface area contributed by atoms with Crippen LogP contribution in [0.3, 0.4) is 0 Å². The van der Waals surface area contributed by atoms with Gasteiger partial charge in [-0.2, -0.15) is 13.2 Å². The number of pyridine rings is 1. The van der Waals surface area contributed by atoms with Gasteiger partial charge in [0.25, 0.3) is 0 Å². The van der Waals surface area contributed by atoms with Crippen molar-refractivity contribution in [3.63, 3.8) is 0 Å². The summed E-state index contributed by atoms with van der Waals surface area (Å²) in [6.45, 7) is 0.00807. The quantitative estimate of drug-likeness (QED) is 0.928. The Hall–Kier alpha value is -1.83. The van der Waals surface area contributed by atoms with Gasteiger partial charge in [-0.15, -0.1) is 10.2 Å². The Kier molecular flexibility index (Phi) is 4.18. The molecular formula is C14H14ClF3N4O. The van der Waals surface area contributed by atoms with Crippen molar-refractivity contribution in [3.05, 3.63) is 28.7 Å². The summed E-state index contributed by atoms with van der Waals surface area (Å²) in [5.41, 5.74) is -0.761. The lowest BCUT2D eigenvalue weighted by Gasteiger charge is -2.11. The van der Waals surface area contributed by atoms with E-state index in [0.29, 0.717) is 0 Å². The lowest BCUT2D eigenvalue weighted by atomic mass is 10.1. The van der Waals surface area contributed by atoms with Gasteiger partial charge in [-0.3, -0.25) is 9.20 Å². The number of carbonyl (C=O) groups is 1. The lowest BCUT2D eigenvalue weighted by molar-refractivity contribution is -0.137. The second kappa shape index (κ2) is 5.99. The minimum Gasteiger partial charge on any atom is -0.349 e. The Morgan fingerprint density at radius 2 is 2.04 bits per heavy atom. The molecule has 0 spiro atoms. The number of nitrogens with zero attached hydrogens (tertiary/aromatic N) is 3. The molecule has 1 aliphatic carbocycles. The fraction of sp³-hybridized carbons (Fsp3) is 0.500. The van der Waals surface area contributed by atoms with Gasteiger partial charge in [-0.25, -0.2) is 0 Å². The Morgan fingerprint density at radius 3 is 2.70 bits per heavy atom. The zero-order chi connectivity index (χ0) is 16.6. The summed E-state index contributed by atoms with van der Waals surface area (Å²) in [6.07, 6.45) is 0.102. The molecule has 0 atom stereocenters. The Labute approximate surface area is 134 Å². The molecule has 0 aliphatic heterocycles. The van der Waals surface area contributed by atoms with Crippen molar-refractivity contribution < 1.29 is 18.0 Å². The first kappa shape index (κ1) is 16.0. The van der Waals surface area contributed by atoms with Crippen molar-refractivity contribution >= 4 is 23.2 Å². The second-order valence-corrected chi connectivity index (χ2v) is 5.99. The van der Waals surface area contributed by atoms with Gasteiger partial charge in [-0.05, 0) is 18.9 Å². The summed E-state index contributed by atoms with van der Waals surface area (Å²) >= 11 is 5.84. The van der Waals surface area contributed by atoms with E-state index in [0.717, 1.165) is 37.9 Å². The number of aromatic nitrogens is 3. The molecule has 1 fully saturated rings. The minimum atomic E-state index is -4.52. The van der Waals surface area contributed by atoms with Crippen molar-refractivity contribution in [2.24, 2.45) is 5.92 Å². The maximum atomic E-state index is 12.9. The van der Waals surface area contributed by atoms with Crippen molar-refractivity contribution in [1.29, 1.82) is 0 Å². The first-order valence-corrected chi connectivity index (χ1v) is 7.62. The highest BCUT2D eigenvalue weighted by atomic mass is 35.5. The van der Waals surface area contributed by atoms with Crippen molar-refractivity contribution in [2.75, 3.05) is 0 Å². The highest BCUT2D eigenvalue weighted by Gasteiger charge is 2.32. The van der Waals surface area contributed by atoms with E-state index in [2.05, 4.69) is 15.5 Å². The summed E-state index contributed by atoms with van der Waals surface area (Å²) in [7, 11) is 0. The van der Waals surface area contributed by atoms with E-state index in [1.54, 1.807) is 0 Å². The molecule has 1 amide bonds. The molecule has 0 unspecified atom stereocenters. The van der Waals surface area contributed by atoms with Gasteiger partial charge in [0.05, 0.1) is 17.1 Å². The Balaban J connectivity index is 1.83. The molecule has 124 valence electrons. The Morgan fingerprint density at radius 1 is 1.35 bits per heavy atom. The number of hydrogen-bond acceptors (Lipinski definition) is 3. The summed E-state index contributed by atoms with van der Waals surface area (Å²) in [6, 6.07) is 0.812. The van der Waals surface area contributed by atoms with Crippen LogP contribution in [-0.2, 0) is 17.5 Å². The average molecular weight is 347 g/mol. The monoisotopic (exact) mass is 346 g/mol. The van der Waals surface area contributed by atoms with Crippen LogP contribution >= 0.6 is 11.6 Å². The molecule has 1 N–H and O–H groups in total. The van der Waals surface area contributed by atoms with E-state index in [-0.39, 0.29) is 34.9 Å². The maximum absolute atomic E-state index is 12.9. The standard InChI is InChI=1S/C14H14ClF3N4O/c15-10-5-9(14(16,17)18)7-22-11(20-21-12(10)22)6-19-13(23)8-3-1-2-4-8/h5,7-8H,1-4,6H2,(H,19,23). The van der Waals surface area contributed by atoms with Crippen LogP contribution in [0.1, 0.15) is 37.1 Å². The molecule has 23 heavy (non-hydrogen) atoms. The lowest BCUT2D eigenvalue weighted by Crippen LogP contribution is -2.29. The van der Waals surface area contributed by atoms with E-state index >= 15 is 0 Å². The fourth-order valence-corrected chi connectivity index (χ4v) is 3.02. The molecule has 1 saturated carbocycles. The summed E-state index contributed by atoms with van der Waals surface area (Å²) in [5, 5.41) is 10.2. The highest BCUT2D eigenvalue weighted by Crippen LogP contribution is 2.32. The first-order valence-electron chi connectivity index (χ1n) is 7.24. The molecule has 2 heterocycles. The third-order valence-corrected chi connectivity index (χ3v) is 4.28. The van der Waals surface area contributed by atoms with E-state index < -0.39 is 11.7 Å². The number of amides is 1. The number of nitrogens with one attached hydrogen (secondary N) is 1. The maximum Gasteiger partial charge on any atom is 0.417 e. The minimum absolute atomic E-state index is 0.00807. The highest BCUT2D eigenvalue weighted by molar-refractivity contribution is 6.33. The second-order valence-electron chi connectivity index (χ2n) is 5.58. The smallest absolute Gasteiger partial charge is 0.349 e. The van der Waals surface area contributed by atoms with Crippen LogP contribution in [-0.4, -0.2) is 20.5 Å². The molecule has 0 radical (unpaired) electrons. The SMILES string of the molecule is O=C(NCc1nnc2c(Cl)cc(C(F)(F)F)cn12)C1CCCC1. The molecule has 9 heteroatoms. The summed E-state index contributed by atoms with van der Waals surface area (Å²) < 4.78 is 39.8. The van der Waals surface area contributed by atoms with Gasteiger partial charge in [-0.1, -0.05) is 24.4 Å². The molecule has 2 aromatic heterocycles. The largest absolute Gasteiger partial charge is 0.417 e. The van der Waals surface area contributed by atoms with E-state index in [9.17, 15) is 18.0 Å². The molecule has 5 nitrogen and oxygen atoms in total. The molecule has 0 bridgehead atoms. The molecule has 3 rings (SSSR count). The third kappa shape index (κ3) is 3.26. The predicted octanol–water partition coefficient (Wildman–Crippen LogP) is 3.21. The molecule has 1 aliphatic rings. The fourth-order valence-electron chi connectivity index (χ4n) is 2.77. The van der Waals surface area contributed by atoms with Gasteiger partial charge in [0.1, 0.15) is 0 Å². The number of carbonyl (C=O) groups excluding carboxylic acids is 1. The van der Waals surface area contributed by atoms with E-state index in [1.165, 1.54) is 4.40 Å². The van der Waals surface area contributed by atoms with Gasteiger partial charge in [0.2, 0.25) is 5.91 Å². The van der Waals surface area contributed by atoms with Crippen LogP contribution in [0, 0.1) is 5.92 Å². The van der Waals surface area contributed by atoms with E-state index in [4.69, 9.17) is 11.6 Å². The van der Waals surface area contributed by atoms with E-state index in [1.807, 2.05) is 0 Å². The number of alkyl halides is 3. The molecular weight excluding hydrogens is 333 g/mol. The normalized spacial score (nSPS) is 16.2. The zero-order valence-corrected chi connectivity index (χ0v) is 12.8. The van der Waals surface area contributed by atoms with Crippen LogP contribution in [0.2, 0.25) is 5.02 Å². The number of hydrogen-bond donors (Lipinski definition) is 1.